The highest BCUT2D eigenvalue weighted by molar-refractivity contribution is 5.80. The number of esters is 1. The second-order valence-corrected chi connectivity index (χ2v) is 27.6. The zero-order chi connectivity index (χ0) is 63.9. The summed E-state index contributed by atoms with van der Waals surface area (Å²) in [7, 11) is 0. The molecule has 5 heterocycles. The van der Waals surface area contributed by atoms with Gasteiger partial charge in [0.15, 0.2) is 30.8 Å². The van der Waals surface area contributed by atoms with Crippen molar-refractivity contribution in [3.05, 3.63) is 11.6 Å². The maximum absolute atomic E-state index is 14.6. The molecule has 5 aliphatic heterocycles. The monoisotopic (exact) mass is 1250 g/mol. The lowest BCUT2D eigenvalue weighted by Crippen LogP contribution is -2.68. The molecule has 500 valence electrons. The molecule has 0 aromatic heterocycles. The van der Waals surface area contributed by atoms with Gasteiger partial charge in [0.25, 0.3) is 0 Å². The Bertz CT molecular complexity index is 2400. The molecule has 5 saturated heterocycles. The van der Waals surface area contributed by atoms with E-state index in [0.29, 0.717) is 51.4 Å². The third-order valence-corrected chi connectivity index (χ3v) is 22.6. The zero-order valence-corrected chi connectivity index (χ0v) is 50.6. The molecule has 87 heavy (non-hydrogen) atoms. The van der Waals surface area contributed by atoms with Crippen LogP contribution in [0.5, 0.6) is 0 Å². The summed E-state index contributed by atoms with van der Waals surface area (Å²) in [5, 5.41) is 175. The van der Waals surface area contributed by atoms with Crippen LogP contribution >= 0.6 is 0 Å². The molecule has 28 heteroatoms. The molecule has 0 radical (unpaired) electrons. The molecule has 4 saturated carbocycles. The molecule has 9 rings (SSSR count). The van der Waals surface area contributed by atoms with Crippen molar-refractivity contribution in [2.75, 3.05) is 19.8 Å². The molecule has 9 fully saturated rings. The third-order valence-electron chi connectivity index (χ3n) is 22.6. The van der Waals surface area contributed by atoms with E-state index in [2.05, 4.69) is 20.8 Å². The van der Waals surface area contributed by atoms with E-state index in [4.69, 9.17) is 47.4 Å². The SMILES string of the molecule is CC(C)=CCC[C@@](O)(C(=O)O[C@@H]1O[C@H](CO)[C@@H](O)[C@H](O)[C@H]1O)[C@H]1CC[C@]2(C)[C@@H]1CC[C@@H]1[C@@]3(C)CC[C@H](O[C@@H]4OC[C@H](O)[C@H](O[C@@H]5O[C@H](CO[C@@H]6O[C@@H](C)[C@H](O)[C@@H](O)[C@H]6O)[C@@H](O)[C@H](O)[C@H]5O)[C@H]4O[C@@H]4O[C@@H](C)[C@H](O)[C@@H](O)[C@H]4O)[C@](C)(C(=O)O)[C@@H]3CC[C@]12C. The Morgan fingerprint density at radius 2 is 1.11 bits per heavy atom. The summed E-state index contributed by atoms with van der Waals surface area (Å²) >= 11 is 0. The number of carboxylic acid groups (broad SMARTS) is 1. The van der Waals surface area contributed by atoms with Crippen molar-refractivity contribution < 1.29 is 139 Å². The van der Waals surface area contributed by atoms with E-state index in [1.807, 2.05) is 19.9 Å². The Labute approximate surface area is 504 Å². The van der Waals surface area contributed by atoms with Crippen LogP contribution in [0.25, 0.3) is 0 Å². The van der Waals surface area contributed by atoms with Gasteiger partial charge in [-0.2, -0.15) is 0 Å². The molecule has 0 unspecified atom stereocenters. The summed E-state index contributed by atoms with van der Waals surface area (Å²) in [6.45, 7) is 12.8. The van der Waals surface area contributed by atoms with Crippen LogP contribution < -0.4 is 0 Å². The number of aliphatic hydroxyl groups excluding tert-OH is 14. The van der Waals surface area contributed by atoms with E-state index >= 15 is 0 Å². The molecule has 0 amide bonds. The van der Waals surface area contributed by atoms with Gasteiger partial charge in [-0.1, -0.05) is 32.4 Å². The number of rotatable bonds is 17. The number of carbonyl (C=O) groups excluding carboxylic acids is 1. The molecule has 4 aliphatic carbocycles. The highest BCUT2D eigenvalue weighted by atomic mass is 16.8. The van der Waals surface area contributed by atoms with Gasteiger partial charge in [-0.3, -0.25) is 4.79 Å². The maximum Gasteiger partial charge on any atom is 0.340 e. The fraction of sp³-hybridized carbons (Fsp3) is 0.932. The molecule has 0 aromatic carbocycles. The minimum atomic E-state index is -2.12. The van der Waals surface area contributed by atoms with Crippen molar-refractivity contribution in [1.82, 2.24) is 0 Å². The lowest BCUT2D eigenvalue weighted by Gasteiger charge is -2.69. The number of aliphatic carboxylic acids is 1. The van der Waals surface area contributed by atoms with Gasteiger partial charge in [0.2, 0.25) is 6.29 Å². The minimum Gasteiger partial charge on any atom is -0.481 e. The third kappa shape index (κ3) is 12.1. The Morgan fingerprint density at radius 3 is 1.72 bits per heavy atom. The smallest absolute Gasteiger partial charge is 0.340 e. The summed E-state index contributed by atoms with van der Waals surface area (Å²) in [6, 6.07) is 0. The number of fused-ring (bicyclic) bond motifs is 5. The lowest BCUT2D eigenvalue weighted by molar-refractivity contribution is -0.389. The minimum absolute atomic E-state index is 0.0482. The molecule has 16 N–H and O–H groups in total. The molecule has 0 spiro atoms. The first-order chi connectivity index (χ1) is 40.7. The standard InChI is InChI=1S/C59H96O28/c1-23(2)10-9-16-59(77,54(76)87-51-45(73)40(68)36(64)29(20-60)82-51)27-13-18-56(6)26(27)11-12-31-55(5)17-15-33(58(8,53(74)75)32(55)14-19-57(31,56)7)84-52-47(86-49-43(71)39(67)35(63)25(4)81-49)46(28(61)21-78-52)85-50-44(72)41(69)37(65)30(83-50)22-79-48-42(70)38(66)34(62)24(3)80-48/h10,24-52,60-73,77H,9,11-22H2,1-8H3,(H,74,75)/t24-,25-,26+,27-,28-,29+,30+,31+,32+,33-,34-,35-,36+,37+,38+,39+,40-,41-,42+,43+,44+,45+,46-,47+,48+,49-,50-,51-,52-,55+,56+,57+,58+,59-/m0/s1. The van der Waals surface area contributed by atoms with Crippen LogP contribution in [0, 0.1) is 45.3 Å². The van der Waals surface area contributed by atoms with Crippen LogP contribution in [0.15, 0.2) is 11.6 Å². The summed E-state index contributed by atoms with van der Waals surface area (Å²) < 4.78 is 59.7. The van der Waals surface area contributed by atoms with E-state index in [1.165, 1.54) is 13.8 Å². The number of aliphatic hydroxyl groups is 15. The van der Waals surface area contributed by atoms with Gasteiger partial charge in [0.05, 0.1) is 43.5 Å². The number of hydrogen-bond acceptors (Lipinski definition) is 27. The Balaban J connectivity index is 0.963. The fourth-order valence-electron chi connectivity index (χ4n) is 17.2. The van der Waals surface area contributed by atoms with Crippen molar-refractivity contribution in [3.8, 4) is 0 Å². The lowest BCUT2D eigenvalue weighted by atomic mass is 9.35. The Morgan fingerprint density at radius 1 is 0.575 bits per heavy atom. The van der Waals surface area contributed by atoms with Crippen molar-refractivity contribution in [2.24, 2.45) is 45.3 Å². The number of carbonyl (C=O) groups is 2. The normalized spacial score (nSPS) is 52.6. The molecular formula is C59H96O28. The van der Waals surface area contributed by atoms with Gasteiger partial charge in [0.1, 0.15) is 104 Å². The molecule has 34 atom stereocenters. The highest BCUT2D eigenvalue weighted by Gasteiger charge is 2.73. The van der Waals surface area contributed by atoms with Gasteiger partial charge >= 0.3 is 11.9 Å². The van der Waals surface area contributed by atoms with Gasteiger partial charge in [-0.15, -0.1) is 0 Å². The first-order valence-electron chi connectivity index (χ1n) is 30.8. The largest absolute Gasteiger partial charge is 0.481 e. The fourth-order valence-corrected chi connectivity index (χ4v) is 17.2. The second-order valence-electron chi connectivity index (χ2n) is 27.6. The Kier molecular flexibility index (Phi) is 20.8. The number of hydrogen-bond donors (Lipinski definition) is 16. The van der Waals surface area contributed by atoms with Crippen LogP contribution in [0.3, 0.4) is 0 Å². The van der Waals surface area contributed by atoms with E-state index in [-0.39, 0.29) is 24.7 Å². The average molecular weight is 1250 g/mol. The molecule has 0 aromatic rings. The maximum atomic E-state index is 14.6. The van der Waals surface area contributed by atoms with Crippen LogP contribution in [-0.2, 0) is 57.0 Å². The topological polar surface area (TPSA) is 450 Å². The number of allylic oxidation sites excluding steroid dienone is 2. The van der Waals surface area contributed by atoms with Gasteiger partial charge in [0, 0.05) is 5.92 Å². The molecule has 9 aliphatic rings. The van der Waals surface area contributed by atoms with E-state index in [0.717, 1.165) is 5.57 Å². The van der Waals surface area contributed by atoms with Crippen LogP contribution in [-0.4, -0.2) is 273 Å². The van der Waals surface area contributed by atoms with Crippen molar-refractivity contribution >= 4 is 11.9 Å². The van der Waals surface area contributed by atoms with E-state index in [1.54, 1.807) is 6.92 Å². The first kappa shape index (κ1) is 69.1. The predicted octanol–water partition coefficient (Wildman–Crippen LogP) is -3.09. The molecule has 0 bridgehead atoms. The zero-order valence-electron chi connectivity index (χ0n) is 50.6. The van der Waals surface area contributed by atoms with Gasteiger partial charge in [-0.25, -0.2) is 4.79 Å². The van der Waals surface area contributed by atoms with Crippen molar-refractivity contribution in [3.63, 3.8) is 0 Å². The Hall–Kier alpha value is -2.28. The van der Waals surface area contributed by atoms with E-state index < -0.39 is 224 Å². The van der Waals surface area contributed by atoms with Crippen LogP contribution in [0.1, 0.15) is 120 Å². The van der Waals surface area contributed by atoms with Crippen molar-refractivity contribution in [2.45, 2.75) is 279 Å². The predicted molar refractivity (Wildman–Crippen MR) is 292 cm³/mol. The number of ether oxygens (including phenoxy) is 10. The number of carboxylic acids is 1. The summed E-state index contributed by atoms with van der Waals surface area (Å²) in [5.41, 5.74) is -4.50. The van der Waals surface area contributed by atoms with Crippen molar-refractivity contribution in [1.29, 1.82) is 0 Å². The van der Waals surface area contributed by atoms with E-state index in [9.17, 15) is 91.3 Å². The highest BCUT2D eigenvalue weighted by Crippen LogP contribution is 2.76. The quantitative estimate of drug-likeness (QED) is 0.0390. The first-order valence-corrected chi connectivity index (χ1v) is 30.8. The summed E-state index contributed by atoms with van der Waals surface area (Å²) in [5.74, 6) is -3.80. The molecular weight excluding hydrogens is 1160 g/mol. The summed E-state index contributed by atoms with van der Waals surface area (Å²) in [6.07, 6.45) is -35.9. The van der Waals surface area contributed by atoms with Crippen LogP contribution in [0.4, 0.5) is 0 Å². The molecule has 28 nitrogen and oxygen atoms in total. The van der Waals surface area contributed by atoms with Crippen LogP contribution in [0.2, 0.25) is 0 Å². The summed E-state index contributed by atoms with van der Waals surface area (Å²) in [4.78, 5) is 28.8. The second kappa shape index (κ2) is 26.3. The van der Waals surface area contributed by atoms with Gasteiger partial charge in [-0.05, 0) is 133 Å². The average Bonchev–Trinajstić information content (AvgIpc) is 1.68. The van der Waals surface area contributed by atoms with Gasteiger partial charge < -0.3 is 129 Å².